The molecule has 1 aromatic carbocycles. The molecule has 0 saturated carbocycles. The third-order valence-electron chi connectivity index (χ3n) is 4.27. The Labute approximate surface area is 200 Å². The van der Waals surface area contributed by atoms with Gasteiger partial charge < -0.3 is 9.47 Å². The maximum atomic E-state index is 12.8. The van der Waals surface area contributed by atoms with E-state index in [-0.39, 0.29) is 40.7 Å². The normalized spacial score (nSPS) is 11.1. The zero-order valence-electron chi connectivity index (χ0n) is 17.7. The molecular weight excluding hydrogens is 482 g/mol. The van der Waals surface area contributed by atoms with Crippen LogP contribution in [0.25, 0.3) is 11.6 Å². The molecule has 11 nitrogen and oxygen atoms in total. The highest BCUT2D eigenvalue weighted by Gasteiger charge is 2.23. The summed E-state index contributed by atoms with van der Waals surface area (Å²) in [6.07, 6.45) is 4.56. The molecule has 0 aliphatic carbocycles. The van der Waals surface area contributed by atoms with E-state index >= 15 is 0 Å². The van der Waals surface area contributed by atoms with Gasteiger partial charge in [0.1, 0.15) is 0 Å². The van der Waals surface area contributed by atoms with Crippen LogP contribution in [0, 0.1) is 0 Å². The van der Waals surface area contributed by atoms with E-state index in [1.807, 2.05) is 0 Å². The molecular formula is C21H18ClN7O4S. The number of benzene rings is 1. The van der Waals surface area contributed by atoms with Gasteiger partial charge in [0, 0.05) is 18.6 Å². The minimum absolute atomic E-state index is 0.000373. The predicted molar refractivity (Wildman–Crippen MR) is 125 cm³/mol. The van der Waals surface area contributed by atoms with Crippen LogP contribution in [0.1, 0.15) is 5.69 Å². The van der Waals surface area contributed by atoms with Gasteiger partial charge in [-0.15, -0.1) is 0 Å². The first-order valence-corrected chi connectivity index (χ1v) is 11.6. The number of hydrogen-bond acceptors (Lipinski definition) is 9. The Bertz CT molecular complexity index is 1380. The number of ether oxygens (including phenoxy) is 2. The number of hydrogen-bond donors (Lipinski definition) is 2. The van der Waals surface area contributed by atoms with Crippen molar-refractivity contribution < 1.29 is 17.9 Å². The first kappa shape index (κ1) is 23.3. The van der Waals surface area contributed by atoms with E-state index in [9.17, 15) is 8.42 Å². The van der Waals surface area contributed by atoms with Gasteiger partial charge in [-0.1, -0.05) is 29.8 Å². The lowest BCUT2D eigenvalue weighted by atomic mass is 10.3. The molecule has 0 unspecified atom stereocenters. The van der Waals surface area contributed by atoms with Crippen LogP contribution in [0.5, 0.6) is 17.2 Å². The van der Waals surface area contributed by atoms with Crippen molar-refractivity contribution in [2.75, 3.05) is 11.8 Å². The van der Waals surface area contributed by atoms with Crippen molar-refractivity contribution in [1.82, 2.24) is 29.6 Å². The van der Waals surface area contributed by atoms with Crippen LogP contribution in [-0.4, -0.2) is 40.4 Å². The van der Waals surface area contributed by atoms with Crippen molar-refractivity contribution in [3.63, 3.8) is 0 Å². The van der Waals surface area contributed by atoms with Crippen molar-refractivity contribution in [2.24, 2.45) is 0 Å². The fourth-order valence-electron chi connectivity index (χ4n) is 2.75. The highest BCUT2D eigenvalue weighted by Crippen LogP contribution is 2.39. The highest BCUT2D eigenvalue weighted by atomic mass is 35.5. The first-order chi connectivity index (χ1) is 16.4. The molecule has 13 heteroatoms. The van der Waals surface area contributed by atoms with Crippen molar-refractivity contribution in [3.05, 3.63) is 78.0 Å². The fraction of sp³-hybridized carbons (Fsp3) is 0.0952. The Morgan fingerprint density at radius 2 is 1.59 bits per heavy atom. The molecule has 174 valence electrons. The summed E-state index contributed by atoms with van der Waals surface area (Å²) < 4.78 is 41.5. The quantitative estimate of drug-likeness (QED) is 0.332. The third-order valence-corrected chi connectivity index (χ3v) is 5.51. The van der Waals surface area contributed by atoms with Crippen LogP contribution < -0.4 is 18.9 Å². The van der Waals surface area contributed by atoms with Crippen molar-refractivity contribution in [2.45, 2.75) is 6.54 Å². The Balaban J connectivity index is 1.70. The van der Waals surface area contributed by atoms with Crippen LogP contribution in [0.2, 0.25) is 5.15 Å². The van der Waals surface area contributed by atoms with Gasteiger partial charge in [0.15, 0.2) is 28.3 Å². The van der Waals surface area contributed by atoms with Crippen molar-refractivity contribution in [1.29, 1.82) is 0 Å². The lowest BCUT2D eigenvalue weighted by Crippen LogP contribution is -2.30. The Morgan fingerprint density at radius 3 is 2.29 bits per heavy atom. The molecule has 4 aromatic rings. The second-order valence-corrected chi connectivity index (χ2v) is 8.45. The number of halogens is 1. The van der Waals surface area contributed by atoms with Crippen molar-refractivity contribution in [3.8, 4) is 28.9 Å². The van der Waals surface area contributed by atoms with Crippen LogP contribution in [0.15, 0.2) is 67.1 Å². The summed E-state index contributed by atoms with van der Waals surface area (Å²) in [5.41, 5.74) is 0.525. The minimum Gasteiger partial charge on any atom is -0.493 e. The Kier molecular flexibility index (Phi) is 7.11. The predicted octanol–water partition coefficient (Wildman–Crippen LogP) is 3.23. The second-order valence-electron chi connectivity index (χ2n) is 6.59. The maximum absolute atomic E-state index is 12.8. The first-order valence-electron chi connectivity index (χ1n) is 9.78. The lowest BCUT2D eigenvalue weighted by molar-refractivity contribution is 0.378. The van der Waals surface area contributed by atoms with Crippen LogP contribution in [-0.2, 0) is 16.8 Å². The number of nitrogens with one attached hydrogen (secondary N) is 2. The summed E-state index contributed by atoms with van der Waals surface area (Å²) >= 11 is 6.39. The van der Waals surface area contributed by atoms with Gasteiger partial charge in [-0.05, 0) is 30.3 Å². The molecule has 34 heavy (non-hydrogen) atoms. The van der Waals surface area contributed by atoms with E-state index in [4.69, 9.17) is 21.1 Å². The largest absolute Gasteiger partial charge is 0.493 e. The molecule has 0 amide bonds. The highest BCUT2D eigenvalue weighted by molar-refractivity contribution is 7.90. The van der Waals surface area contributed by atoms with Gasteiger partial charge in [-0.2, -0.15) is 13.1 Å². The molecule has 0 aliphatic heterocycles. The van der Waals surface area contributed by atoms with Crippen LogP contribution in [0.3, 0.4) is 0 Å². The van der Waals surface area contributed by atoms with E-state index in [0.29, 0.717) is 11.4 Å². The topological polar surface area (TPSA) is 141 Å². The number of nitrogens with zero attached hydrogens (tertiary/aromatic N) is 5. The van der Waals surface area contributed by atoms with Gasteiger partial charge in [-0.3, -0.25) is 9.71 Å². The standard InChI is InChI=1S/C21H18ClN7O4S/c1-32-15-8-2-3-9-16(15)33-17-18(22)27-21(20-24-11-6-12-25-20)28-19(17)29-34(30,31)26-13-14-7-4-5-10-23-14/h2-12,26H,13H2,1H3,(H,27,28,29). The van der Waals surface area contributed by atoms with Gasteiger partial charge in [0.05, 0.1) is 19.3 Å². The number of anilines is 1. The van der Waals surface area contributed by atoms with E-state index in [0.717, 1.165) is 0 Å². The van der Waals surface area contributed by atoms with Crippen LogP contribution >= 0.6 is 11.6 Å². The number of methoxy groups -OCH3 is 1. The monoisotopic (exact) mass is 499 g/mol. The van der Waals surface area contributed by atoms with Crippen molar-refractivity contribution >= 4 is 27.6 Å². The summed E-state index contributed by atoms with van der Waals surface area (Å²) in [5.74, 6) is 0.476. The van der Waals surface area contributed by atoms with Crippen LogP contribution in [0.4, 0.5) is 5.82 Å². The smallest absolute Gasteiger partial charge is 0.300 e. The summed E-state index contributed by atoms with van der Waals surface area (Å²) in [5, 5.41) is -0.161. The molecule has 0 bridgehead atoms. The maximum Gasteiger partial charge on any atom is 0.300 e. The summed E-state index contributed by atoms with van der Waals surface area (Å²) in [6, 6.07) is 13.6. The molecule has 0 fully saturated rings. The van der Waals surface area contributed by atoms with Gasteiger partial charge in [-0.25, -0.2) is 19.9 Å². The average molecular weight is 500 g/mol. The molecule has 0 radical (unpaired) electrons. The molecule has 0 aliphatic rings. The molecule has 2 N–H and O–H groups in total. The van der Waals surface area contributed by atoms with Gasteiger partial charge in [0.2, 0.25) is 11.6 Å². The molecule has 3 heterocycles. The van der Waals surface area contributed by atoms with E-state index < -0.39 is 10.2 Å². The number of aromatic nitrogens is 5. The molecule has 0 atom stereocenters. The molecule has 0 saturated heterocycles. The summed E-state index contributed by atoms with van der Waals surface area (Å²) in [4.78, 5) is 20.7. The minimum atomic E-state index is -4.12. The molecule has 4 rings (SSSR count). The average Bonchev–Trinajstić information content (AvgIpc) is 2.86. The number of rotatable bonds is 9. The van der Waals surface area contributed by atoms with E-state index in [2.05, 4.69) is 34.4 Å². The zero-order valence-corrected chi connectivity index (χ0v) is 19.3. The fourth-order valence-corrected chi connectivity index (χ4v) is 3.76. The number of para-hydroxylation sites is 2. The lowest BCUT2D eigenvalue weighted by Gasteiger charge is -2.16. The van der Waals surface area contributed by atoms with E-state index in [1.165, 1.54) is 19.5 Å². The molecule has 0 spiro atoms. The molecule has 3 aromatic heterocycles. The van der Waals surface area contributed by atoms with Gasteiger partial charge >= 0.3 is 10.2 Å². The Morgan fingerprint density at radius 1 is 0.882 bits per heavy atom. The summed E-state index contributed by atoms with van der Waals surface area (Å²) in [7, 11) is -2.65. The van der Waals surface area contributed by atoms with E-state index in [1.54, 1.807) is 54.7 Å². The SMILES string of the molecule is COc1ccccc1Oc1c(Cl)nc(-c2ncccn2)nc1NS(=O)(=O)NCc1ccccn1. The van der Waals surface area contributed by atoms with Gasteiger partial charge in [0.25, 0.3) is 0 Å². The zero-order chi connectivity index (χ0) is 24.0. The Hall–Kier alpha value is -3.87. The summed E-state index contributed by atoms with van der Waals surface area (Å²) in [6.45, 7) is -0.0493. The third kappa shape index (κ3) is 5.73. The second kappa shape index (κ2) is 10.4. The number of pyridine rings is 1.